The summed E-state index contributed by atoms with van der Waals surface area (Å²) in [4.78, 5) is 17.3. The van der Waals surface area contributed by atoms with Crippen molar-refractivity contribution in [2.75, 3.05) is 0 Å². The average molecular weight is 380 g/mol. The van der Waals surface area contributed by atoms with Gasteiger partial charge in [-0.1, -0.05) is 58.7 Å². The van der Waals surface area contributed by atoms with Gasteiger partial charge in [0.25, 0.3) is 0 Å². The number of benzene rings is 1. The first-order valence-electron chi connectivity index (χ1n) is 10.7. The molecule has 0 N–H and O–H groups in total. The molecule has 2 aromatic rings. The topological polar surface area (TPSA) is 39.2 Å². The van der Waals surface area contributed by atoms with Crippen molar-refractivity contribution in [2.45, 2.75) is 65.9 Å². The molecule has 0 spiro atoms. The molecule has 1 aromatic carbocycles. The first kappa shape index (κ1) is 20.6. The van der Waals surface area contributed by atoms with E-state index in [4.69, 9.17) is 4.74 Å². The molecule has 3 heteroatoms. The molecule has 0 radical (unpaired) electrons. The van der Waals surface area contributed by atoms with E-state index in [0.717, 1.165) is 36.9 Å². The summed E-state index contributed by atoms with van der Waals surface area (Å²) < 4.78 is 5.96. The van der Waals surface area contributed by atoms with Crippen LogP contribution in [-0.2, 0) is 11.2 Å². The van der Waals surface area contributed by atoms with Crippen LogP contribution in [0.5, 0.6) is 0 Å². The van der Waals surface area contributed by atoms with Crippen LogP contribution in [0.15, 0.2) is 42.6 Å². The van der Waals surface area contributed by atoms with Gasteiger partial charge in [0.15, 0.2) is 0 Å². The van der Waals surface area contributed by atoms with E-state index in [2.05, 4.69) is 44.8 Å². The van der Waals surface area contributed by atoms with Gasteiger partial charge in [0.05, 0.1) is 11.3 Å². The van der Waals surface area contributed by atoms with Crippen molar-refractivity contribution in [1.29, 1.82) is 0 Å². The summed E-state index contributed by atoms with van der Waals surface area (Å²) in [7, 11) is 0. The molecule has 150 valence electrons. The van der Waals surface area contributed by atoms with Crippen LogP contribution in [0.2, 0.25) is 0 Å². The number of carbonyl (C=O) groups excluding carboxylic acids is 1. The van der Waals surface area contributed by atoms with E-state index in [-0.39, 0.29) is 12.1 Å². The quantitative estimate of drug-likeness (QED) is 0.551. The van der Waals surface area contributed by atoms with E-state index >= 15 is 0 Å². The van der Waals surface area contributed by atoms with Gasteiger partial charge in [0.1, 0.15) is 6.10 Å². The Morgan fingerprint density at radius 2 is 1.89 bits per heavy atom. The number of esters is 1. The molecule has 0 aliphatic heterocycles. The Hall–Kier alpha value is -2.16. The van der Waals surface area contributed by atoms with Gasteiger partial charge >= 0.3 is 5.97 Å². The zero-order valence-electron chi connectivity index (χ0n) is 17.7. The number of aryl methyl sites for hydroxylation is 1. The van der Waals surface area contributed by atoms with Gasteiger partial charge in [-0.25, -0.2) is 4.79 Å². The monoisotopic (exact) mass is 379 g/mol. The fraction of sp³-hybridized carbons (Fsp3) is 0.520. The van der Waals surface area contributed by atoms with Crippen LogP contribution in [0.4, 0.5) is 0 Å². The van der Waals surface area contributed by atoms with Crippen molar-refractivity contribution in [3.05, 3.63) is 53.7 Å². The van der Waals surface area contributed by atoms with E-state index in [1.807, 2.05) is 30.5 Å². The molecule has 1 heterocycles. The highest BCUT2D eigenvalue weighted by atomic mass is 16.5. The van der Waals surface area contributed by atoms with Crippen LogP contribution in [0, 0.1) is 17.8 Å². The van der Waals surface area contributed by atoms with Gasteiger partial charge in [-0.15, -0.1) is 0 Å². The third-order valence-electron chi connectivity index (χ3n) is 6.00. The first-order valence-corrected chi connectivity index (χ1v) is 10.7. The molecular formula is C25H33NO2. The predicted octanol–water partition coefficient (Wildman–Crippen LogP) is 6.32. The highest BCUT2D eigenvalue weighted by Gasteiger charge is 2.33. The van der Waals surface area contributed by atoms with Crippen LogP contribution in [0.25, 0.3) is 11.3 Å². The van der Waals surface area contributed by atoms with Crippen molar-refractivity contribution in [3.63, 3.8) is 0 Å². The van der Waals surface area contributed by atoms with Crippen LogP contribution in [-0.4, -0.2) is 17.1 Å². The second-order valence-electron chi connectivity index (χ2n) is 8.65. The molecule has 1 aromatic heterocycles. The molecule has 0 saturated heterocycles. The Morgan fingerprint density at radius 3 is 2.50 bits per heavy atom. The maximum atomic E-state index is 12.7. The fourth-order valence-corrected chi connectivity index (χ4v) is 4.26. The second-order valence-corrected chi connectivity index (χ2v) is 8.65. The number of hydrogen-bond acceptors (Lipinski definition) is 3. The third kappa shape index (κ3) is 5.01. The highest BCUT2D eigenvalue weighted by Crippen LogP contribution is 2.35. The standard InChI is InChI=1S/C25H33NO2/c1-5-6-19-8-14-23(26-16-19)20-9-11-21(12-10-20)25(27)28-24-15-18(4)7-13-22(24)17(2)3/h8-12,14,16-18,22,24H,5-7,13,15H2,1-4H3/t18-,22-,24+/m1/s1. The summed E-state index contributed by atoms with van der Waals surface area (Å²) in [6.45, 7) is 8.89. The van der Waals surface area contributed by atoms with Gasteiger partial charge in [-0.2, -0.15) is 0 Å². The maximum absolute atomic E-state index is 12.7. The van der Waals surface area contributed by atoms with Crippen molar-refractivity contribution in [3.8, 4) is 11.3 Å². The lowest BCUT2D eigenvalue weighted by atomic mass is 9.75. The molecular weight excluding hydrogens is 346 g/mol. The minimum Gasteiger partial charge on any atom is -0.458 e. The zero-order valence-corrected chi connectivity index (χ0v) is 17.7. The van der Waals surface area contributed by atoms with E-state index in [0.29, 0.717) is 23.3 Å². The summed E-state index contributed by atoms with van der Waals surface area (Å²) in [5.41, 5.74) is 3.83. The van der Waals surface area contributed by atoms with E-state index < -0.39 is 0 Å². The van der Waals surface area contributed by atoms with Crippen molar-refractivity contribution in [2.24, 2.45) is 17.8 Å². The zero-order chi connectivity index (χ0) is 20.1. The highest BCUT2D eigenvalue weighted by molar-refractivity contribution is 5.90. The smallest absolute Gasteiger partial charge is 0.338 e. The van der Waals surface area contributed by atoms with Gasteiger partial charge in [-0.3, -0.25) is 4.98 Å². The number of nitrogens with zero attached hydrogens (tertiary/aromatic N) is 1. The minimum absolute atomic E-state index is 0.0312. The number of aromatic nitrogens is 1. The first-order chi connectivity index (χ1) is 13.5. The number of rotatable bonds is 6. The van der Waals surface area contributed by atoms with Crippen molar-refractivity contribution < 1.29 is 9.53 Å². The Kier molecular flexibility index (Phi) is 6.88. The van der Waals surface area contributed by atoms with E-state index in [1.165, 1.54) is 12.0 Å². The third-order valence-corrected chi connectivity index (χ3v) is 6.00. The summed E-state index contributed by atoms with van der Waals surface area (Å²) in [5, 5.41) is 0. The Bertz CT molecular complexity index is 764. The van der Waals surface area contributed by atoms with Crippen LogP contribution < -0.4 is 0 Å². The van der Waals surface area contributed by atoms with Crippen molar-refractivity contribution >= 4 is 5.97 Å². The minimum atomic E-state index is -0.206. The Labute approximate surface area is 169 Å². The maximum Gasteiger partial charge on any atom is 0.338 e. The van der Waals surface area contributed by atoms with Crippen LogP contribution >= 0.6 is 0 Å². The van der Waals surface area contributed by atoms with Gasteiger partial charge < -0.3 is 4.74 Å². The molecule has 1 aliphatic rings. The lowest BCUT2D eigenvalue weighted by Crippen LogP contribution is -2.35. The fourth-order valence-electron chi connectivity index (χ4n) is 4.26. The number of ether oxygens (including phenoxy) is 1. The largest absolute Gasteiger partial charge is 0.458 e. The molecule has 1 aliphatic carbocycles. The Morgan fingerprint density at radius 1 is 1.14 bits per heavy atom. The summed E-state index contributed by atoms with van der Waals surface area (Å²) in [5.74, 6) is 1.42. The molecule has 1 saturated carbocycles. The van der Waals surface area contributed by atoms with Gasteiger partial charge in [0, 0.05) is 11.8 Å². The second kappa shape index (κ2) is 9.36. The van der Waals surface area contributed by atoms with Gasteiger partial charge in [-0.05, 0) is 60.8 Å². The average Bonchev–Trinajstić information content (AvgIpc) is 2.69. The van der Waals surface area contributed by atoms with Crippen LogP contribution in [0.1, 0.15) is 69.3 Å². The predicted molar refractivity (Wildman–Crippen MR) is 114 cm³/mol. The molecule has 1 fully saturated rings. The number of pyridine rings is 1. The van der Waals surface area contributed by atoms with Gasteiger partial charge in [0.2, 0.25) is 0 Å². The number of carbonyl (C=O) groups is 1. The summed E-state index contributed by atoms with van der Waals surface area (Å²) in [6.07, 6.45) is 7.50. The summed E-state index contributed by atoms with van der Waals surface area (Å²) in [6, 6.07) is 11.8. The van der Waals surface area contributed by atoms with E-state index in [9.17, 15) is 4.79 Å². The molecule has 28 heavy (non-hydrogen) atoms. The molecule has 0 amide bonds. The summed E-state index contributed by atoms with van der Waals surface area (Å²) >= 11 is 0. The SMILES string of the molecule is CCCc1ccc(-c2ccc(C(=O)O[C@H]3C[C@H](C)CC[C@@H]3C(C)C)cc2)nc1. The van der Waals surface area contributed by atoms with E-state index in [1.54, 1.807) is 0 Å². The normalized spacial score (nSPS) is 22.2. The molecule has 3 nitrogen and oxygen atoms in total. The Balaban J connectivity index is 1.67. The molecule has 3 rings (SSSR count). The molecule has 3 atom stereocenters. The van der Waals surface area contributed by atoms with Crippen LogP contribution in [0.3, 0.4) is 0 Å². The lowest BCUT2D eigenvalue weighted by Gasteiger charge is -2.36. The molecule has 0 unspecified atom stereocenters. The number of hydrogen-bond donors (Lipinski definition) is 0. The molecule has 0 bridgehead atoms. The lowest BCUT2D eigenvalue weighted by molar-refractivity contribution is -0.0174. The van der Waals surface area contributed by atoms with Crippen molar-refractivity contribution in [1.82, 2.24) is 4.98 Å².